The molecule has 0 radical (unpaired) electrons. The number of carbonyl (C=O) groups is 1. The Labute approximate surface area is 221 Å². The molecule has 1 aromatic heterocycles. The molecule has 1 amide bonds. The van der Waals surface area contributed by atoms with E-state index >= 15 is 0 Å². The van der Waals surface area contributed by atoms with Gasteiger partial charge in [-0.3, -0.25) is 4.79 Å². The van der Waals surface area contributed by atoms with Gasteiger partial charge >= 0.3 is 0 Å². The average molecular weight is 511 g/mol. The Hall–Kier alpha value is -4.66. The summed E-state index contributed by atoms with van der Waals surface area (Å²) in [6.45, 7) is 8.63. The van der Waals surface area contributed by atoms with Crippen molar-refractivity contribution < 1.29 is 14.3 Å². The number of carbonyl (C=O) groups excluding carboxylic acids is 1. The van der Waals surface area contributed by atoms with Crippen molar-refractivity contribution in [2.75, 3.05) is 17.7 Å². The van der Waals surface area contributed by atoms with Gasteiger partial charge in [-0.1, -0.05) is 41.5 Å². The van der Waals surface area contributed by atoms with Crippen LogP contribution in [0.2, 0.25) is 0 Å². The Morgan fingerprint density at radius 3 is 2.50 bits per heavy atom. The van der Waals surface area contributed by atoms with Gasteiger partial charge in [-0.25, -0.2) is 0 Å². The SMILES string of the molecule is COc1ccccc1NC(=O)C1=C(C)Nc2nnnn2C1c1ccc(OCc2cc(C)c(C)cc2C)cc1. The van der Waals surface area contributed by atoms with Crippen LogP contribution in [-0.2, 0) is 11.4 Å². The molecule has 9 nitrogen and oxygen atoms in total. The molecule has 5 rings (SSSR count). The number of nitrogens with zero attached hydrogens (tertiary/aromatic N) is 4. The molecule has 9 heteroatoms. The van der Waals surface area contributed by atoms with Crippen molar-refractivity contribution in [2.24, 2.45) is 0 Å². The zero-order valence-corrected chi connectivity index (χ0v) is 22.1. The summed E-state index contributed by atoms with van der Waals surface area (Å²) in [5.74, 6) is 1.49. The summed E-state index contributed by atoms with van der Waals surface area (Å²) in [4.78, 5) is 13.6. The fourth-order valence-corrected chi connectivity index (χ4v) is 4.64. The van der Waals surface area contributed by atoms with Crippen LogP contribution in [0.5, 0.6) is 11.5 Å². The lowest BCUT2D eigenvalue weighted by atomic mass is 9.95. The number of anilines is 2. The van der Waals surface area contributed by atoms with Crippen molar-refractivity contribution >= 4 is 17.5 Å². The Kier molecular flexibility index (Phi) is 6.83. The molecule has 0 fully saturated rings. The number of ether oxygens (including phenoxy) is 2. The second-order valence-electron chi connectivity index (χ2n) is 9.39. The first-order valence-electron chi connectivity index (χ1n) is 12.3. The van der Waals surface area contributed by atoms with Crippen LogP contribution < -0.4 is 20.1 Å². The van der Waals surface area contributed by atoms with Crippen molar-refractivity contribution in [2.45, 2.75) is 40.3 Å². The number of hydrogen-bond acceptors (Lipinski definition) is 7. The summed E-state index contributed by atoms with van der Waals surface area (Å²) >= 11 is 0. The number of rotatable bonds is 7. The average Bonchev–Trinajstić information content (AvgIpc) is 3.38. The zero-order chi connectivity index (χ0) is 26.8. The zero-order valence-electron chi connectivity index (χ0n) is 22.1. The van der Waals surface area contributed by atoms with E-state index in [4.69, 9.17) is 9.47 Å². The third-order valence-corrected chi connectivity index (χ3v) is 6.86. The maximum Gasteiger partial charge on any atom is 0.255 e. The number of tetrazole rings is 1. The maximum atomic E-state index is 13.6. The fraction of sp³-hybridized carbons (Fsp3) is 0.241. The number of nitrogens with one attached hydrogen (secondary N) is 2. The van der Waals surface area contributed by atoms with Crippen LogP contribution in [0.15, 0.2) is 71.9 Å². The first-order chi connectivity index (χ1) is 18.4. The van der Waals surface area contributed by atoms with E-state index in [-0.39, 0.29) is 5.91 Å². The first-order valence-corrected chi connectivity index (χ1v) is 12.3. The van der Waals surface area contributed by atoms with E-state index in [1.54, 1.807) is 23.9 Å². The van der Waals surface area contributed by atoms with Crippen LogP contribution in [0.3, 0.4) is 0 Å². The lowest BCUT2D eigenvalue weighted by Crippen LogP contribution is -2.31. The number of amides is 1. The fourth-order valence-electron chi connectivity index (χ4n) is 4.64. The second kappa shape index (κ2) is 10.4. The molecular weight excluding hydrogens is 480 g/mol. The molecule has 4 aromatic rings. The standard InChI is InChI=1S/C29H30N6O3/c1-17-14-19(3)22(15-18(17)2)16-38-23-12-10-21(11-13-23)27-26(20(4)30-29-32-33-34-35(27)29)28(36)31-24-8-6-7-9-25(24)37-5/h6-15,27H,16H2,1-5H3,(H,31,36)(H,30,32,34). The second-order valence-corrected chi connectivity index (χ2v) is 9.39. The molecule has 1 aliphatic heterocycles. The molecule has 2 heterocycles. The summed E-state index contributed by atoms with van der Waals surface area (Å²) < 4.78 is 13.1. The molecule has 194 valence electrons. The predicted octanol–water partition coefficient (Wildman–Crippen LogP) is 5.11. The number of aromatic nitrogens is 4. The van der Waals surface area contributed by atoms with Crippen molar-refractivity contribution in [3.63, 3.8) is 0 Å². The lowest BCUT2D eigenvalue weighted by molar-refractivity contribution is -0.113. The van der Waals surface area contributed by atoms with Gasteiger partial charge < -0.3 is 20.1 Å². The molecule has 1 unspecified atom stereocenters. The highest BCUT2D eigenvalue weighted by atomic mass is 16.5. The van der Waals surface area contributed by atoms with E-state index in [0.29, 0.717) is 35.3 Å². The summed E-state index contributed by atoms with van der Waals surface area (Å²) in [6.07, 6.45) is 0. The molecule has 0 saturated heterocycles. The summed E-state index contributed by atoms with van der Waals surface area (Å²) in [7, 11) is 1.57. The van der Waals surface area contributed by atoms with Gasteiger partial charge in [0.25, 0.3) is 5.91 Å². The molecule has 2 N–H and O–H groups in total. The van der Waals surface area contributed by atoms with Crippen LogP contribution >= 0.6 is 0 Å². The maximum absolute atomic E-state index is 13.6. The molecular formula is C29H30N6O3. The van der Waals surface area contributed by atoms with Gasteiger partial charge in [0.15, 0.2) is 0 Å². The number of para-hydroxylation sites is 2. The van der Waals surface area contributed by atoms with Crippen molar-refractivity contribution in [1.82, 2.24) is 20.2 Å². The molecule has 1 atom stereocenters. The molecule has 0 saturated carbocycles. The van der Waals surface area contributed by atoms with E-state index in [0.717, 1.165) is 16.9 Å². The van der Waals surface area contributed by atoms with Gasteiger partial charge in [-0.2, -0.15) is 4.68 Å². The van der Waals surface area contributed by atoms with Crippen LogP contribution in [0.25, 0.3) is 0 Å². The lowest BCUT2D eigenvalue weighted by Gasteiger charge is -2.28. The highest BCUT2D eigenvalue weighted by Crippen LogP contribution is 2.36. The molecule has 1 aliphatic rings. The topological polar surface area (TPSA) is 103 Å². The first kappa shape index (κ1) is 25.0. The van der Waals surface area contributed by atoms with Crippen LogP contribution in [-0.4, -0.2) is 33.2 Å². The largest absolute Gasteiger partial charge is 0.495 e. The number of benzene rings is 3. The third-order valence-electron chi connectivity index (χ3n) is 6.86. The minimum atomic E-state index is -0.535. The Morgan fingerprint density at radius 2 is 1.74 bits per heavy atom. The number of aryl methyl sites for hydroxylation is 3. The van der Waals surface area contributed by atoms with E-state index < -0.39 is 6.04 Å². The van der Waals surface area contributed by atoms with Gasteiger partial charge in [-0.15, -0.1) is 0 Å². The highest BCUT2D eigenvalue weighted by molar-refractivity contribution is 6.06. The summed E-state index contributed by atoms with van der Waals surface area (Å²) in [5.41, 5.74) is 7.46. The molecule has 0 aliphatic carbocycles. The monoisotopic (exact) mass is 510 g/mol. The number of fused-ring (bicyclic) bond motifs is 1. The van der Waals surface area contributed by atoms with Crippen molar-refractivity contribution in [3.8, 4) is 11.5 Å². The van der Waals surface area contributed by atoms with Gasteiger partial charge in [0, 0.05) is 5.70 Å². The van der Waals surface area contributed by atoms with Crippen LogP contribution in [0.1, 0.15) is 40.8 Å². The molecule has 38 heavy (non-hydrogen) atoms. The summed E-state index contributed by atoms with van der Waals surface area (Å²) in [6, 6.07) is 18.8. The molecule has 0 bridgehead atoms. The number of methoxy groups -OCH3 is 1. The van der Waals surface area contributed by atoms with Crippen LogP contribution in [0.4, 0.5) is 11.6 Å². The summed E-state index contributed by atoms with van der Waals surface area (Å²) in [5, 5.41) is 18.2. The van der Waals surface area contributed by atoms with Gasteiger partial charge in [-0.05, 0) is 90.2 Å². The van der Waals surface area contributed by atoms with E-state index in [2.05, 4.69) is 59.1 Å². The minimum absolute atomic E-state index is 0.281. The third kappa shape index (κ3) is 4.82. The van der Waals surface area contributed by atoms with E-state index in [1.165, 1.54) is 16.7 Å². The molecule has 0 spiro atoms. The number of hydrogen-bond donors (Lipinski definition) is 2. The van der Waals surface area contributed by atoms with E-state index in [9.17, 15) is 4.79 Å². The molecule has 3 aromatic carbocycles. The van der Waals surface area contributed by atoms with Gasteiger partial charge in [0.05, 0.1) is 18.4 Å². The number of allylic oxidation sites excluding steroid dienone is 1. The predicted molar refractivity (Wildman–Crippen MR) is 145 cm³/mol. The van der Waals surface area contributed by atoms with Crippen LogP contribution in [0, 0.1) is 20.8 Å². The van der Waals surface area contributed by atoms with E-state index in [1.807, 2.05) is 43.3 Å². The Balaban J connectivity index is 1.41. The van der Waals surface area contributed by atoms with Crippen molar-refractivity contribution in [1.29, 1.82) is 0 Å². The Bertz CT molecular complexity index is 1520. The quantitative estimate of drug-likeness (QED) is 0.356. The van der Waals surface area contributed by atoms with Crippen molar-refractivity contribution in [3.05, 3.63) is 99.8 Å². The van der Waals surface area contributed by atoms with Gasteiger partial charge in [0.1, 0.15) is 24.1 Å². The minimum Gasteiger partial charge on any atom is -0.495 e. The van der Waals surface area contributed by atoms with Gasteiger partial charge in [0.2, 0.25) is 5.95 Å². The highest BCUT2D eigenvalue weighted by Gasteiger charge is 2.34. The normalized spacial score (nSPS) is 14.5. The Morgan fingerprint density at radius 1 is 1.00 bits per heavy atom. The smallest absolute Gasteiger partial charge is 0.255 e.